The fourth-order valence-electron chi connectivity index (χ4n) is 2.29. The Bertz CT molecular complexity index is 940. The molecule has 0 saturated carbocycles. The van der Waals surface area contributed by atoms with E-state index in [2.05, 4.69) is 20.5 Å². The Hall–Kier alpha value is -3.26. The molecule has 0 spiro atoms. The van der Waals surface area contributed by atoms with E-state index in [4.69, 9.17) is 11.6 Å². The van der Waals surface area contributed by atoms with Crippen LogP contribution in [0.4, 0.5) is 5.69 Å². The van der Waals surface area contributed by atoms with E-state index in [1.54, 1.807) is 18.2 Å². The maximum absolute atomic E-state index is 12.0. The van der Waals surface area contributed by atoms with Crippen molar-refractivity contribution in [1.82, 2.24) is 20.5 Å². The molecule has 0 atom stereocenters. The minimum Gasteiger partial charge on any atom is -0.352 e. The molecule has 0 aliphatic carbocycles. The number of hydrogen-bond acceptors (Lipinski definition) is 5. The molecule has 9 heteroatoms. The number of aromatic nitrogens is 3. The summed E-state index contributed by atoms with van der Waals surface area (Å²) in [6, 6.07) is 13.1. The molecule has 2 N–H and O–H groups in total. The van der Waals surface area contributed by atoms with Gasteiger partial charge in [-0.25, -0.2) is 4.98 Å². The number of benzene rings is 2. The predicted molar refractivity (Wildman–Crippen MR) is 95.5 cm³/mol. The number of nitro groups is 1. The van der Waals surface area contributed by atoms with Crippen LogP contribution in [-0.2, 0) is 17.8 Å². The molecule has 0 aliphatic heterocycles. The summed E-state index contributed by atoms with van der Waals surface area (Å²) < 4.78 is 0. The van der Waals surface area contributed by atoms with Gasteiger partial charge in [0.25, 0.3) is 5.69 Å². The van der Waals surface area contributed by atoms with E-state index in [0.717, 1.165) is 5.56 Å². The summed E-state index contributed by atoms with van der Waals surface area (Å²) in [7, 11) is 0. The second-order valence-electron chi connectivity index (χ2n) is 5.45. The van der Waals surface area contributed by atoms with Crippen molar-refractivity contribution in [2.24, 2.45) is 0 Å². The van der Waals surface area contributed by atoms with Crippen molar-refractivity contribution in [3.05, 3.63) is 75.1 Å². The maximum Gasteiger partial charge on any atom is 0.269 e. The van der Waals surface area contributed by atoms with Gasteiger partial charge in [0.15, 0.2) is 5.82 Å². The highest BCUT2D eigenvalue weighted by Gasteiger charge is 2.12. The van der Waals surface area contributed by atoms with E-state index in [-0.39, 0.29) is 18.0 Å². The van der Waals surface area contributed by atoms with Gasteiger partial charge in [0, 0.05) is 29.3 Å². The number of non-ortho nitro benzene ring substituents is 1. The molecule has 1 aromatic heterocycles. The number of halogens is 1. The first kappa shape index (κ1) is 17.6. The number of rotatable bonds is 6. The fourth-order valence-corrected chi connectivity index (χ4v) is 2.49. The third-order valence-electron chi connectivity index (χ3n) is 3.63. The monoisotopic (exact) mass is 371 g/mol. The molecule has 1 amide bonds. The molecule has 0 radical (unpaired) electrons. The van der Waals surface area contributed by atoms with Crippen molar-refractivity contribution in [2.75, 3.05) is 0 Å². The Morgan fingerprint density at radius 3 is 2.62 bits per heavy atom. The molecule has 0 aliphatic rings. The Labute approximate surface area is 153 Å². The first-order chi connectivity index (χ1) is 12.5. The van der Waals surface area contributed by atoms with Crippen molar-refractivity contribution in [3.63, 3.8) is 0 Å². The van der Waals surface area contributed by atoms with Crippen LogP contribution in [0.25, 0.3) is 11.4 Å². The van der Waals surface area contributed by atoms with Crippen LogP contribution >= 0.6 is 11.6 Å². The molecule has 0 fully saturated rings. The van der Waals surface area contributed by atoms with Gasteiger partial charge < -0.3 is 5.32 Å². The highest BCUT2D eigenvalue weighted by Crippen LogP contribution is 2.19. The number of carbonyl (C=O) groups is 1. The van der Waals surface area contributed by atoms with Gasteiger partial charge in [-0.05, 0) is 23.8 Å². The number of nitrogens with zero attached hydrogens (tertiary/aromatic N) is 3. The van der Waals surface area contributed by atoms with Gasteiger partial charge >= 0.3 is 0 Å². The smallest absolute Gasteiger partial charge is 0.269 e. The minimum absolute atomic E-state index is 0.0107. The highest BCUT2D eigenvalue weighted by atomic mass is 35.5. The molecule has 3 aromatic rings. The molecule has 3 rings (SSSR count). The van der Waals surface area contributed by atoms with Crippen LogP contribution in [-0.4, -0.2) is 26.0 Å². The summed E-state index contributed by atoms with van der Waals surface area (Å²) in [4.78, 5) is 26.5. The molecule has 0 unspecified atom stereocenters. The average Bonchev–Trinajstić information content (AvgIpc) is 3.09. The molecule has 1 heterocycles. The van der Waals surface area contributed by atoms with Crippen molar-refractivity contribution in [3.8, 4) is 11.4 Å². The summed E-state index contributed by atoms with van der Waals surface area (Å²) in [5.74, 6) is 0.542. The third kappa shape index (κ3) is 4.22. The summed E-state index contributed by atoms with van der Waals surface area (Å²) >= 11 is 6.05. The molecular formula is C17H14ClN5O3. The third-order valence-corrected chi connectivity index (χ3v) is 4.00. The molecule has 2 aromatic carbocycles. The molecular weight excluding hydrogens is 358 g/mol. The van der Waals surface area contributed by atoms with Gasteiger partial charge in [0.05, 0.1) is 11.3 Å². The lowest BCUT2D eigenvalue weighted by molar-refractivity contribution is -0.384. The van der Waals surface area contributed by atoms with Crippen LogP contribution in [0.1, 0.15) is 11.4 Å². The summed E-state index contributed by atoms with van der Waals surface area (Å²) in [5.41, 5.74) is 1.43. The average molecular weight is 372 g/mol. The predicted octanol–water partition coefficient (Wildman–Crippen LogP) is 2.89. The van der Waals surface area contributed by atoms with Gasteiger partial charge in [-0.3, -0.25) is 20.0 Å². The van der Waals surface area contributed by atoms with Crippen LogP contribution in [0, 0.1) is 10.1 Å². The SMILES string of the molecule is O=C(Cc1nc(-c2ccc([N+](=O)[O-])cc2)n[nH]1)NCc1ccccc1Cl. The van der Waals surface area contributed by atoms with Crippen molar-refractivity contribution in [2.45, 2.75) is 13.0 Å². The van der Waals surface area contributed by atoms with Gasteiger partial charge in [-0.15, -0.1) is 0 Å². The molecule has 8 nitrogen and oxygen atoms in total. The van der Waals surface area contributed by atoms with Gasteiger partial charge in [-0.1, -0.05) is 29.8 Å². The van der Waals surface area contributed by atoms with Crippen molar-refractivity contribution in [1.29, 1.82) is 0 Å². The first-order valence-corrected chi connectivity index (χ1v) is 8.07. The maximum atomic E-state index is 12.0. The second kappa shape index (κ2) is 7.75. The van der Waals surface area contributed by atoms with Gasteiger partial charge in [0.2, 0.25) is 5.91 Å². The number of hydrogen-bond donors (Lipinski definition) is 2. The minimum atomic E-state index is -0.476. The summed E-state index contributed by atoms with van der Waals surface area (Å²) in [5, 5.41) is 20.8. The van der Waals surface area contributed by atoms with Crippen LogP contribution in [0.2, 0.25) is 5.02 Å². The normalized spacial score (nSPS) is 10.5. The Kier molecular flexibility index (Phi) is 5.23. The lowest BCUT2D eigenvalue weighted by atomic mass is 10.2. The molecule has 0 saturated heterocycles. The van der Waals surface area contributed by atoms with E-state index in [9.17, 15) is 14.9 Å². The summed E-state index contributed by atoms with van der Waals surface area (Å²) in [6.45, 7) is 0.321. The highest BCUT2D eigenvalue weighted by molar-refractivity contribution is 6.31. The molecule has 0 bridgehead atoms. The Morgan fingerprint density at radius 2 is 1.92 bits per heavy atom. The van der Waals surface area contributed by atoms with Crippen LogP contribution < -0.4 is 5.32 Å². The van der Waals surface area contributed by atoms with E-state index >= 15 is 0 Å². The fraction of sp³-hybridized carbons (Fsp3) is 0.118. The standard InChI is InChI=1S/C17H14ClN5O3/c18-14-4-2-1-3-12(14)10-19-16(24)9-15-20-17(22-21-15)11-5-7-13(8-6-11)23(25)26/h1-8H,9-10H2,(H,19,24)(H,20,21,22). The largest absolute Gasteiger partial charge is 0.352 e. The van der Waals surface area contributed by atoms with E-state index in [1.807, 2.05) is 18.2 Å². The quantitative estimate of drug-likeness (QED) is 0.510. The number of nitro benzene ring substituents is 1. The number of aromatic amines is 1. The van der Waals surface area contributed by atoms with E-state index in [1.165, 1.54) is 12.1 Å². The second-order valence-corrected chi connectivity index (χ2v) is 5.86. The zero-order valence-corrected chi connectivity index (χ0v) is 14.2. The molecule has 26 heavy (non-hydrogen) atoms. The zero-order valence-electron chi connectivity index (χ0n) is 13.5. The number of amides is 1. The Balaban J connectivity index is 1.60. The lowest BCUT2D eigenvalue weighted by Crippen LogP contribution is -2.25. The zero-order chi connectivity index (χ0) is 18.5. The van der Waals surface area contributed by atoms with E-state index in [0.29, 0.717) is 28.8 Å². The topological polar surface area (TPSA) is 114 Å². The van der Waals surface area contributed by atoms with Crippen molar-refractivity contribution < 1.29 is 9.72 Å². The van der Waals surface area contributed by atoms with Crippen LogP contribution in [0.5, 0.6) is 0 Å². The number of H-pyrrole nitrogens is 1. The van der Waals surface area contributed by atoms with E-state index < -0.39 is 4.92 Å². The van der Waals surface area contributed by atoms with Gasteiger partial charge in [-0.2, -0.15) is 5.10 Å². The first-order valence-electron chi connectivity index (χ1n) is 7.69. The van der Waals surface area contributed by atoms with Crippen LogP contribution in [0.15, 0.2) is 48.5 Å². The van der Waals surface area contributed by atoms with Crippen LogP contribution in [0.3, 0.4) is 0 Å². The number of nitrogens with one attached hydrogen (secondary N) is 2. The molecule has 132 valence electrons. The summed E-state index contributed by atoms with van der Waals surface area (Å²) in [6.07, 6.45) is 0.0322. The van der Waals surface area contributed by atoms with Gasteiger partial charge in [0.1, 0.15) is 5.82 Å². The number of carbonyl (C=O) groups excluding carboxylic acids is 1. The lowest BCUT2D eigenvalue weighted by Gasteiger charge is -2.05. The van der Waals surface area contributed by atoms with Crippen molar-refractivity contribution >= 4 is 23.2 Å². The Morgan fingerprint density at radius 1 is 1.19 bits per heavy atom.